The molecule has 0 bridgehead atoms. The van der Waals surface area contributed by atoms with Crippen molar-refractivity contribution in [1.29, 1.82) is 0 Å². The second-order valence-electron chi connectivity index (χ2n) is 6.58. The first-order valence-electron chi connectivity index (χ1n) is 9.04. The van der Waals surface area contributed by atoms with Gasteiger partial charge in [0, 0.05) is 23.4 Å². The van der Waals surface area contributed by atoms with Crippen LogP contribution in [0, 0.1) is 0 Å². The Bertz CT molecular complexity index is 740. The van der Waals surface area contributed by atoms with E-state index in [-0.39, 0.29) is 5.97 Å². The molecule has 0 aliphatic heterocycles. The molecule has 0 aromatic heterocycles. The van der Waals surface area contributed by atoms with E-state index in [1.165, 1.54) is 5.56 Å². The Hall–Kier alpha value is -1.56. The molecule has 2 N–H and O–H groups in total. The summed E-state index contributed by atoms with van der Waals surface area (Å²) < 4.78 is 6.08. The highest BCUT2D eigenvalue weighted by Crippen LogP contribution is 2.27. The van der Waals surface area contributed by atoms with Gasteiger partial charge >= 0.3 is 5.97 Å². The number of hydrogen-bond acceptors (Lipinski definition) is 4. The van der Waals surface area contributed by atoms with E-state index in [0.717, 1.165) is 31.4 Å². The Kier molecular flexibility index (Phi) is 9.11. The van der Waals surface area contributed by atoms with Gasteiger partial charge in [0.2, 0.25) is 0 Å². The van der Waals surface area contributed by atoms with Gasteiger partial charge in [-0.3, -0.25) is 4.90 Å². The molecule has 27 heavy (non-hydrogen) atoms. The van der Waals surface area contributed by atoms with Crippen LogP contribution in [0.3, 0.4) is 0 Å². The van der Waals surface area contributed by atoms with Crippen molar-refractivity contribution in [2.24, 2.45) is 0 Å². The number of esters is 1. The summed E-state index contributed by atoms with van der Waals surface area (Å²) in [6.45, 7) is 1.90. The average molecular weight is 454 g/mol. The molecule has 2 aromatic carbocycles. The lowest BCUT2D eigenvalue weighted by atomic mass is 10.1. The molecule has 0 unspecified atom stereocenters. The number of carbonyl (C=O) groups is 1. The van der Waals surface area contributed by atoms with Gasteiger partial charge in [0.15, 0.2) is 0 Å². The summed E-state index contributed by atoms with van der Waals surface area (Å²) in [5.41, 5.74) is 9.14. The number of anilines is 1. The molecule has 0 heterocycles. The zero-order valence-electron chi connectivity index (χ0n) is 15.6. The summed E-state index contributed by atoms with van der Waals surface area (Å²) in [6, 6.07) is 14.0. The van der Waals surface area contributed by atoms with Crippen molar-refractivity contribution < 1.29 is 9.53 Å². The molecule has 0 saturated carbocycles. The monoisotopic (exact) mass is 452 g/mol. The van der Waals surface area contributed by atoms with Crippen LogP contribution in [-0.2, 0) is 17.8 Å². The summed E-state index contributed by atoms with van der Waals surface area (Å²) in [7, 11) is 2.05. The number of nitrogens with zero attached hydrogens (tertiary/aromatic N) is 1. The molecular weight excluding hydrogens is 428 g/mol. The summed E-state index contributed by atoms with van der Waals surface area (Å²) in [6.07, 6.45) is 2.68. The quantitative estimate of drug-likeness (QED) is 0.232. The van der Waals surface area contributed by atoms with E-state index in [9.17, 15) is 4.79 Å². The van der Waals surface area contributed by atoms with Crippen LogP contribution in [0.4, 0.5) is 5.69 Å². The molecular formula is C21H26BrClN2O2. The Balaban J connectivity index is 2.00. The molecule has 4 nitrogen and oxygen atoms in total. The van der Waals surface area contributed by atoms with Crippen LogP contribution in [0.15, 0.2) is 46.9 Å². The SMILES string of the molecule is CN(Cc1ccccc1)Cc1cc(Br)c(N)c(C(=O)OCCCCCCl)c1. The Morgan fingerprint density at radius 2 is 1.81 bits per heavy atom. The standard InChI is InChI=1S/C21H26BrClN2O2/c1-25(14-16-8-4-2-5-9-16)15-17-12-18(20(24)19(22)13-17)21(26)27-11-7-3-6-10-23/h2,4-5,8-9,12-13H,3,6-7,10-11,14-15,24H2,1H3. The van der Waals surface area contributed by atoms with Gasteiger partial charge in [-0.2, -0.15) is 0 Å². The number of rotatable bonds is 10. The molecule has 2 aromatic rings. The number of unbranched alkanes of at least 4 members (excludes halogenated alkanes) is 2. The molecule has 0 aliphatic carbocycles. The molecule has 6 heteroatoms. The minimum absolute atomic E-state index is 0.380. The molecule has 0 radical (unpaired) electrons. The topological polar surface area (TPSA) is 55.6 Å². The molecule has 0 atom stereocenters. The van der Waals surface area contributed by atoms with Gasteiger partial charge in [-0.05, 0) is 65.5 Å². The lowest BCUT2D eigenvalue weighted by molar-refractivity contribution is 0.0499. The maximum absolute atomic E-state index is 12.4. The lowest BCUT2D eigenvalue weighted by Crippen LogP contribution is -2.18. The van der Waals surface area contributed by atoms with Crippen LogP contribution in [0.2, 0.25) is 0 Å². The van der Waals surface area contributed by atoms with E-state index >= 15 is 0 Å². The van der Waals surface area contributed by atoms with Crippen molar-refractivity contribution in [2.75, 3.05) is 25.3 Å². The largest absolute Gasteiger partial charge is 0.462 e. The third-order valence-electron chi connectivity index (χ3n) is 4.17. The molecule has 0 fully saturated rings. The fraction of sp³-hybridized carbons (Fsp3) is 0.381. The second-order valence-corrected chi connectivity index (χ2v) is 7.81. The van der Waals surface area contributed by atoms with Crippen LogP contribution in [0.25, 0.3) is 0 Å². The van der Waals surface area contributed by atoms with Crippen LogP contribution in [0.1, 0.15) is 40.7 Å². The third-order valence-corrected chi connectivity index (χ3v) is 5.09. The van der Waals surface area contributed by atoms with Crippen molar-refractivity contribution in [2.45, 2.75) is 32.4 Å². The third kappa shape index (κ3) is 7.17. The van der Waals surface area contributed by atoms with E-state index in [1.807, 2.05) is 37.4 Å². The van der Waals surface area contributed by atoms with Crippen LogP contribution < -0.4 is 5.73 Å². The minimum atomic E-state index is -0.383. The second kappa shape index (κ2) is 11.3. The highest BCUT2D eigenvalue weighted by molar-refractivity contribution is 9.10. The van der Waals surface area contributed by atoms with E-state index in [0.29, 0.717) is 34.8 Å². The van der Waals surface area contributed by atoms with Crippen LogP contribution >= 0.6 is 27.5 Å². The van der Waals surface area contributed by atoms with Gasteiger partial charge in [0.05, 0.1) is 17.9 Å². The number of halogens is 2. The molecule has 146 valence electrons. The van der Waals surface area contributed by atoms with Crippen LogP contribution in [0.5, 0.6) is 0 Å². The fourth-order valence-electron chi connectivity index (χ4n) is 2.81. The van der Waals surface area contributed by atoms with Gasteiger partial charge < -0.3 is 10.5 Å². The first kappa shape index (κ1) is 21.7. The average Bonchev–Trinajstić information content (AvgIpc) is 2.65. The first-order valence-corrected chi connectivity index (χ1v) is 10.4. The number of benzene rings is 2. The van der Waals surface area contributed by atoms with E-state index in [4.69, 9.17) is 22.1 Å². The molecule has 0 saturated heterocycles. The van der Waals surface area contributed by atoms with Crippen molar-refractivity contribution >= 4 is 39.2 Å². The number of carbonyl (C=O) groups excluding carboxylic acids is 1. The smallest absolute Gasteiger partial charge is 0.340 e. The van der Waals surface area contributed by atoms with Gasteiger partial charge in [0.25, 0.3) is 0 Å². The summed E-state index contributed by atoms with van der Waals surface area (Å²) in [4.78, 5) is 14.6. The van der Waals surface area contributed by atoms with Crippen LogP contribution in [-0.4, -0.2) is 30.4 Å². The molecule has 0 amide bonds. The van der Waals surface area contributed by atoms with E-state index in [2.05, 4.69) is 33.0 Å². The molecule has 2 rings (SSSR count). The predicted octanol–water partition coefficient (Wildman–Crippen LogP) is 5.23. The van der Waals surface area contributed by atoms with E-state index < -0.39 is 0 Å². The summed E-state index contributed by atoms with van der Waals surface area (Å²) in [5.74, 6) is 0.249. The molecule has 0 spiro atoms. The normalized spacial score (nSPS) is 11.0. The van der Waals surface area contributed by atoms with Gasteiger partial charge in [-0.25, -0.2) is 4.79 Å². The summed E-state index contributed by atoms with van der Waals surface area (Å²) in [5, 5.41) is 0. The lowest BCUT2D eigenvalue weighted by Gasteiger charge is -2.18. The zero-order chi connectivity index (χ0) is 19.6. The first-order chi connectivity index (χ1) is 13.0. The maximum atomic E-state index is 12.4. The van der Waals surface area contributed by atoms with Crippen molar-refractivity contribution in [3.8, 4) is 0 Å². The number of hydrogen-bond donors (Lipinski definition) is 1. The van der Waals surface area contributed by atoms with Crippen molar-refractivity contribution in [3.63, 3.8) is 0 Å². The highest BCUT2D eigenvalue weighted by atomic mass is 79.9. The molecule has 0 aliphatic rings. The van der Waals surface area contributed by atoms with Crippen molar-refractivity contribution in [1.82, 2.24) is 4.90 Å². The Morgan fingerprint density at radius 3 is 2.52 bits per heavy atom. The Labute approximate surface area is 174 Å². The zero-order valence-corrected chi connectivity index (χ0v) is 17.9. The van der Waals surface area contributed by atoms with Gasteiger partial charge in [-0.1, -0.05) is 30.3 Å². The number of ether oxygens (including phenoxy) is 1. The fourth-order valence-corrected chi connectivity index (χ4v) is 3.51. The van der Waals surface area contributed by atoms with Gasteiger partial charge in [0.1, 0.15) is 0 Å². The predicted molar refractivity (Wildman–Crippen MR) is 115 cm³/mol. The number of alkyl halides is 1. The maximum Gasteiger partial charge on any atom is 0.340 e. The number of nitrogens with two attached hydrogens (primary N) is 1. The minimum Gasteiger partial charge on any atom is -0.462 e. The Morgan fingerprint density at radius 1 is 1.11 bits per heavy atom. The van der Waals surface area contributed by atoms with E-state index in [1.54, 1.807) is 0 Å². The van der Waals surface area contributed by atoms with Gasteiger partial charge in [-0.15, -0.1) is 11.6 Å². The number of nitrogen functional groups attached to an aromatic ring is 1. The van der Waals surface area contributed by atoms with Crippen molar-refractivity contribution in [3.05, 3.63) is 63.6 Å². The summed E-state index contributed by atoms with van der Waals surface area (Å²) >= 11 is 9.11. The highest BCUT2D eigenvalue weighted by Gasteiger charge is 2.16.